The first-order chi connectivity index (χ1) is 39.6. The van der Waals surface area contributed by atoms with E-state index in [1.165, 1.54) is 18.0 Å². The predicted octanol–water partition coefficient (Wildman–Crippen LogP) is 9.83. The van der Waals surface area contributed by atoms with Gasteiger partial charge in [-0.15, -0.1) is 21.5 Å². The second-order valence-electron chi connectivity index (χ2n) is 19.4. The summed E-state index contributed by atoms with van der Waals surface area (Å²) in [6, 6.07) is 21.4. The van der Waals surface area contributed by atoms with E-state index in [9.17, 15) is 23.6 Å². The standard InChI is InChI=1S/C60H64Cl2F2N8O9S/c1-35-37(3)82-60-53(35)55(40-14-16-43(61)17-15-40)68-49(58-71-70-38(4)72(58)60)33-51(74)66-20-22-78-24-26-80-28-30-81-29-27-79-25-23-77-21-6-7-39-10-12-41(13-11-39)57(75)56-54(52-36(2)46(63)18-19-47(52)64)45(34-67-56)59(76)69-48(32-50(65)73)42-8-5-9-44(62)31-42/h5,8-19,31,34,48-49,67H,6-7,20-30,32-33H2,1-4H3,(H2,65,73)(H,66,74)(H,69,76)/t48-,49-/m0/s1. The molecule has 5 N–H and O–H groups in total. The Balaban J connectivity index is 0.682. The molecule has 1 aliphatic rings. The van der Waals surface area contributed by atoms with E-state index >= 15 is 4.39 Å². The highest BCUT2D eigenvalue weighted by Crippen LogP contribution is 2.40. The van der Waals surface area contributed by atoms with Gasteiger partial charge in [-0.25, -0.2) is 8.78 Å². The van der Waals surface area contributed by atoms with E-state index in [2.05, 4.69) is 39.7 Å². The van der Waals surface area contributed by atoms with Gasteiger partial charge in [-0.3, -0.25) is 28.7 Å². The lowest BCUT2D eigenvalue weighted by molar-refractivity contribution is -0.122. The van der Waals surface area contributed by atoms with Crippen molar-refractivity contribution < 1.29 is 51.6 Å². The molecule has 432 valence electrons. The van der Waals surface area contributed by atoms with Crippen molar-refractivity contribution in [1.82, 2.24) is 30.4 Å². The molecule has 4 aromatic carbocycles. The van der Waals surface area contributed by atoms with Gasteiger partial charge in [0, 0.05) is 62.1 Å². The van der Waals surface area contributed by atoms with Crippen LogP contribution in [0.5, 0.6) is 0 Å². The number of primary amides is 1. The number of carbonyl (C=O) groups is 4. The highest BCUT2D eigenvalue weighted by atomic mass is 35.5. The molecule has 3 amide bonds. The molecule has 4 heterocycles. The van der Waals surface area contributed by atoms with E-state index in [0.29, 0.717) is 107 Å². The largest absolute Gasteiger partial charge is 0.379 e. The van der Waals surface area contributed by atoms with Crippen LogP contribution >= 0.6 is 34.5 Å². The molecule has 0 spiro atoms. The molecule has 17 nitrogen and oxygen atoms in total. The van der Waals surface area contributed by atoms with Crippen LogP contribution in [0.4, 0.5) is 8.78 Å². The Bertz CT molecular complexity index is 3400. The van der Waals surface area contributed by atoms with Crippen LogP contribution in [-0.2, 0) is 39.7 Å². The van der Waals surface area contributed by atoms with Crippen molar-refractivity contribution in [3.8, 4) is 16.1 Å². The summed E-state index contributed by atoms with van der Waals surface area (Å²) in [5.41, 5.74) is 10.3. The normalized spacial score (nSPS) is 13.3. The first-order valence-corrected chi connectivity index (χ1v) is 28.3. The summed E-state index contributed by atoms with van der Waals surface area (Å²) in [5.74, 6) is -2.42. The lowest BCUT2D eigenvalue weighted by Gasteiger charge is -2.19. The van der Waals surface area contributed by atoms with E-state index in [-0.39, 0.29) is 52.3 Å². The summed E-state index contributed by atoms with van der Waals surface area (Å²) in [4.78, 5) is 62.5. The molecule has 0 saturated heterocycles. The minimum absolute atomic E-state index is 0.0817. The number of hydrogen-bond donors (Lipinski definition) is 4. The number of hydrogen-bond acceptors (Lipinski definition) is 13. The third-order valence-corrected chi connectivity index (χ3v) is 15.4. The smallest absolute Gasteiger partial charge is 0.253 e. The van der Waals surface area contributed by atoms with Crippen molar-refractivity contribution in [3.63, 3.8) is 0 Å². The molecule has 0 aliphatic carbocycles. The molecular formula is C60H64Cl2F2N8O9S. The molecule has 7 aromatic rings. The Morgan fingerprint density at radius 2 is 1.39 bits per heavy atom. The highest BCUT2D eigenvalue weighted by Gasteiger charge is 2.33. The van der Waals surface area contributed by atoms with Gasteiger partial charge in [0.25, 0.3) is 5.91 Å². The molecule has 8 rings (SSSR count). The van der Waals surface area contributed by atoms with Crippen molar-refractivity contribution in [2.45, 2.75) is 65.5 Å². The molecule has 0 saturated carbocycles. The number of carbonyl (C=O) groups excluding carboxylic acids is 4. The van der Waals surface area contributed by atoms with E-state index in [1.807, 2.05) is 35.8 Å². The topological polar surface area (TPSA) is 223 Å². The zero-order chi connectivity index (χ0) is 58.3. The Labute approximate surface area is 487 Å². The zero-order valence-electron chi connectivity index (χ0n) is 45.9. The maximum Gasteiger partial charge on any atom is 0.253 e. The Hall–Kier alpha value is -7.01. The quantitative estimate of drug-likeness (QED) is 0.0245. The first kappa shape index (κ1) is 61.1. The van der Waals surface area contributed by atoms with Crippen LogP contribution in [-0.4, -0.2) is 122 Å². The number of ketones is 1. The average Bonchev–Trinajstić information content (AvgIpc) is 2.84. The van der Waals surface area contributed by atoms with Crippen molar-refractivity contribution >= 4 is 63.8 Å². The SMILES string of the molecule is Cc1sc2c(c1C)C(c1ccc(Cl)cc1)=N[C@@H](CC(=O)NCCOCCOCCOCCOCCOCCCc1ccc(C(=O)c3[nH]cc(C(=O)N[C@@H](CC(N)=O)c4cccc(Cl)c4)c3-c3c(F)ccc(F)c3C)cc1)c1nnc(C)n1-2. The molecule has 82 heavy (non-hydrogen) atoms. The van der Waals surface area contributed by atoms with Crippen LogP contribution in [0.3, 0.4) is 0 Å². The number of fused-ring (bicyclic) bond motifs is 3. The third kappa shape index (κ3) is 15.5. The summed E-state index contributed by atoms with van der Waals surface area (Å²) < 4.78 is 60.9. The number of rotatable bonds is 30. The molecule has 0 fully saturated rings. The number of ether oxygens (including phenoxy) is 5. The van der Waals surface area contributed by atoms with Gasteiger partial charge in [0.2, 0.25) is 17.6 Å². The third-order valence-electron chi connectivity index (χ3n) is 13.7. The molecule has 3 aromatic heterocycles. The van der Waals surface area contributed by atoms with Gasteiger partial charge in [0.15, 0.2) is 5.82 Å². The maximum atomic E-state index is 15.6. The van der Waals surface area contributed by atoms with Gasteiger partial charge in [-0.1, -0.05) is 71.7 Å². The van der Waals surface area contributed by atoms with Gasteiger partial charge in [0.05, 0.1) is 95.3 Å². The van der Waals surface area contributed by atoms with Crippen LogP contribution in [0.2, 0.25) is 10.0 Å². The predicted molar refractivity (Wildman–Crippen MR) is 310 cm³/mol. The molecule has 2 atom stereocenters. The number of aromatic amines is 1. The zero-order valence-corrected chi connectivity index (χ0v) is 48.2. The second-order valence-corrected chi connectivity index (χ2v) is 21.5. The summed E-state index contributed by atoms with van der Waals surface area (Å²) in [7, 11) is 0. The average molecular weight is 1180 g/mol. The van der Waals surface area contributed by atoms with Crippen LogP contribution in [0.1, 0.15) is 108 Å². The lowest BCUT2D eigenvalue weighted by atomic mass is 9.92. The van der Waals surface area contributed by atoms with Crippen LogP contribution in [0, 0.1) is 39.3 Å². The van der Waals surface area contributed by atoms with Gasteiger partial charge < -0.3 is 45.0 Å². The minimum Gasteiger partial charge on any atom is -0.379 e. The first-order valence-electron chi connectivity index (χ1n) is 26.8. The van der Waals surface area contributed by atoms with Gasteiger partial charge in [0.1, 0.15) is 28.5 Å². The van der Waals surface area contributed by atoms with E-state index in [1.54, 1.807) is 59.9 Å². The number of H-pyrrole nitrogens is 1. The van der Waals surface area contributed by atoms with Crippen LogP contribution in [0.15, 0.2) is 96.1 Å². The van der Waals surface area contributed by atoms with E-state index in [4.69, 9.17) is 57.6 Å². The summed E-state index contributed by atoms with van der Waals surface area (Å²) >= 11 is 14.1. The van der Waals surface area contributed by atoms with E-state index in [0.717, 1.165) is 50.9 Å². The Morgan fingerprint density at radius 3 is 2.05 bits per heavy atom. The molecule has 1 aliphatic heterocycles. The molecule has 0 bridgehead atoms. The molecular weight excluding hydrogens is 1120 g/mol. The fraction of sp³-hybridized carbons (Fsp3) is 0.350. The van der Waals surface area contributed by atoms with Gasteiger partial charge >= 0.3 is 0 Å². The fourth-order valence-electron chi connectivity index (χ4n) is 9.38. The Morgan fingerprint density at radius 1 is 0.744 bits per heavy atom. The summed E-state index contributed by atoms with van der Waals surface area (Å²) in [5, 5.41) is 16.5. The summed E-state index contributed by atoms with van der Waals surface area (Å²) in [6.45, 7) is 11.6. The lowest BCUT2D eigenvalue weighted by Crippen LogP contribution is -2.32. The highest BCUT2D eigenvalue weighted by molar-refractivity contribution is 7.15. The minimum atomic E-state index is -0.914. The Kier molecular flexibility index (Phi) is 21.8. The number of nitrogens with two attached hydrogens (primary N) is 1. The number of halogens is 4. The maximum absolute atomic E-state index is 15.6. The number of thiophene rings is 1. The van der Waals surface area contributed by atoms with Crippen molar-refractivity contribution in [2.75, 3.05) is 72.6 Å². The van der Waals surface area contributed by atoms with Crippen LogP contribution in [0.25, 0.3) is 16.1 Å². The van der Waals surface area contributed by atoms with Crippen molar-refractivity contribution in [3.05, 3.63) is 180 Å². The fourth-order valence-corrected chi connectivity index (χ4v) is 10.9. The number of amides is 3. The monoisotopic (exact) mass is 1180 g/mol. The number of aliphatic imine (C=N–C) groups is 1. The molecule has 0 radical (unpaired) electrons. The number of aromatic nitrogens is 4. The molecule has 0 unspecified atom stereocenters. The van der Waals surface area contributed by atoms with Gasteiger partial charge in [-0.05, 0) is 99.2 Å². The number of benzene rings is 4. The van der Waals surface area contributed by atoms with E-state index < -0.39 is 41.3 Å². The van der Waals surface area contributed by atoms with Gasteiger partial charge in [-0.2, -0.15) is 0 Å². The number of aryl methyl sites for hydroxylation is 3. The number of nitrogens with zero attached hydrogens (tertiary/aromatic N) is 4. The summed E-state index contributed by atoms with van der Waals surface area (Å²) in [6.07, 6.45) is 2.42. The number of nitrogens with one attached hydrogen (secondary N) is 3. The van der Waals surface area contributed by atoms with Crippen molar-refractivity contribution in [2.24, 2.45) is 10.7 Å². The second kappa shape index (κ2) is 29.3. The van der Waals surface area contributed by atoms with Crippen molar-refractivity contribution in [1.29, 1.82) is 0 Å². The van der Waals surface area contributed by atoms with Crippen LogP contribution < -0.4 is 16.4 Å². The molecule has 22 heteroatoms.